The summed E-state index contributed by atoms with van der Waals surface area (Å²) < 4.78 is 6.01. The number of carboxylic acids is 1. The van der Waals surface area contributed by atoms with E-state index in [-0.39, 0.29) is 12.3 Å². The summed E-state index contributed by atoms with van der Waals surface area (Å²) in [6, 6.07) is 14.5. The van der Waals surface area contributed by atoms with Gasteiger partial charge in [-0.1, -0.05) is 6.07 Å². The number of aromatic nitrogens is 1. The first-order valence-corrected chi connectivity index (χ1v) is 11.4. The lowest BCUT2D eigenvalue weighted by Gasteiger charge is -2.12. The van der Waals surface area contributed by atoms with E-state index in [9.17, 15) is 4.79 Å². The minimum Gasteiger partial charge on any atom is -0.493 e. The second-order valence-electron chi connectivity index (χ2n) is 8.26. The van der Waals surface area contributed by atoms with E-state index in [1.165, 1.54) is 16.1 Å². The maximum atomic E-state index is 11.0. The SMILES string of the molecule is Cc1sc(-c2ccc(N(C)C)cc2)nc1CCOc1ccc2c(c1)CC[C@H]2CC(=O)O. The zero-order valence-electron chi connectivity index (χ0n) is 18.2. The fourth-order valence-corrected chi connectivity index (χ4v) is 5.11. The van der Waals surface area contributed by atoms with Gasteiger partial charge >= 0.3 is 5.97 Å². The lowest BCUT2D eigenvalue weighted by Crippen LogP contribution is -2.07. The predicted molar refractivity (Wildman–Crippen MR) is 126 cm³/mol. The molecule has 0 saturated carbocycles. The van der Waals surface area contributed by atoms with Crippen LogP contribution in [-0.2, 0) is 17.6 Å². The Labute approximate surface area is 187 Å². The lowest BCUT2D eigenvalue weighted by atomic mass is 9.98. The predicted octanol–water partition coefficient (Wildman–Crippen LogP) is 5.31. The molecule has 0 fully saturated rings. The summed E-state index contributed by atoms with van der Waals surface area (Å²) in [5, 5.41) is 10.1. The van der Waals surface area contributed by atoms with Crippen molar-refractivity contribution >= 4 is 23.0 Å². The van der Waals surface area contributed by atoms with E-state index in [0.717, 1.165) is 46.8 Å². The third-order valence-electron chi connectivity index (χ3n) is 5.87. The number of ether oxygens (including phenoxy) is 1. The summed E-state index contributed by atoms with van der Waals surface area (Å²) in [5.41, 5.74) is 5.78. The molecule has 5 nitrogen and oxygen atoms in total. The van der Waals surface area contributed by atoms with Crippen molar-refractivity contribution in [2.75, 3.05) is 25.6 Å². The van der Waals surface area contributed by atoms with Gasteiger partial charge in [-0.3, -0.25) is 4.79 Å². The average molecular weight is 437 g/mol. The largest absolute Gasteiger partial charge is 0.493 e. The van der Waals surface area contributed by atoms with Crippen molar-refractivity contribution in [1.29, 1.82) is 0 Å². The molecule has 2 aromatic carbocycles. The van der Waals surface area contributed by atoms with E-state index in [0.29, 0.717) is 6.61 Å². The van der Waals surface area contributed by atoms with Gasteiger partial charge in [0.2, 0.25) is 0 Å². The van der Waals surface area contributed by atoms with Gasteiger partial charge in [0.05, 0.1) is 18.7 Å². The summed E-state index contributed by atoms with van der Waals surface area (Å²) in [6.45, 7) is 2.68. The lowest BCUT2D eigenvalue weighted by molar-refractivity contribution is -0.137. The molecule has 1 atom stereocenters. The van der Waals surface area contributed by atoms with Crippen LogP contribution >= 0.6 is 11.3 Å². The maximum absolute atomic E-state index is 11.0. The number of aliphatic carboxylic acids is 1. The third kappa shape index (κ3) is 4.90. The Morgan fingerprint density at radius 1 is 1.23 bits per heavy atom. The van der Waals surface area contributed by atoms with Gasteiger partial charge in [0.1, 0.15) is 10.8 Å². The highest BCUT2D eigenvalue weighted by molar-refractivity contribution is 7.15. The van der Waals surface area contributed by atoms with E-state index >= 15 is 0 Å². The van der Waals surface area contributed by atoms with Crippen molar-refractivity contribution in [2.45, 2.75) is 38.5 Å². The molecule has 0 bridgehead atoms. The number of hydrogen-bond donors (Lipinski definition) is 1. The van der Waals surface area contributed by atoms with Crippen LogP contribution < -0.4 is 9.64 Å². The van der Waals surface area contributed by atoms with Gasteiger partial charge in [0.25, 0.3) is 0 Å². The standard InChI is InChI=1S/C25H28N2O3S/c1-16-23(26-25(31-16)17-6-8-20(9-7-17)27(2)3)12-13-30-21-10-11-22-18(14-21)4-5-19(22)15-24(28)29/h6-11,14,19H,4-5,12-13,15H2,1-3H3,(H,28,29)/t19-/m0/s1. The number of fused-ring (bicyclic) bond motifs is 1. The van der Waals surface area contributed by atoms with Gasteiger partial charge in [-0.05, 0) is 73.2 Å². The molecule has 1 aromatic heterocycles. The van der Waals surface area contributed by atoms with Crippen LogP contribution in [0, 0.1) is 6.92 Å². The van der Waals surface area contributed by atoms with E-state index < -0.39 is 5.97 Å². The van der Waals surface area contributed by atoms with Crippen molar-refractivity contribution in [3.05, 3.63) is 64.2 Å². The molecule has 1 N–H and O–H groups in total. The van der Waals surface area contributed by atoms with Crippen molar-refractivity contribution < 1.29 is 14.6 Å². The number of rotatable bonds is 8. The van der Waals surface area contributed by atoms with Crippen LogP contribution in [0.25, 0.3) is 10.6 Å². The monoisotopic (exact) mass is 436 g/mol. The number of carboxylic acid groups (broad SMARTS) is 1. The van der Waals surface area contributed by atoms with Gasteiger partial charge in [-0.25, -0.2) is 4.98 Å². The molecule has 0 radical (unpaired) electrons. The summed E-state index contributed by atoms with van der Waals surface area (Å²) in [7, 11) is 4.08. The number of hydrogen-bond acceptors (Lipinski definition) is 5. The van der Waals surface area contributed by atoms with Crippen molar-refractivity contribution in [1.82, 2.24) is 4.98 Å². The van der Waals surface area contributed by atoms with Crippen LogP contribution in [0.1, 0.15) is 40.5 Å². The van der Waals surface area contributed by atoms with Crippen molar-refractivity contribution in [2.24, 2.45) is 0 Å². The maximum Gasteiger partial charge on any atom is 0.303 e. The van der Waals surface area contributed by atoms with Crippen LogP contribution in [-0.4, -0.2) is 36.8 Å². The van der Waals surface area contributed by atoms with Gasteiger partial charge in [0, 0.05) is 36.6 Å². The molecule has 1 aliphatic carbocycles. The molecule has 4 rings (SSSR count). The molecule has 1 heterocycles. The summed E-state index contributed by atoms with van der Waals surface area (Å²) in [6.07, 6.45) is 2.79. The first kappa shape index (κ1) is 21.4. The molecule has 0 spiro atoms. The van der Waals surface area contributed by atoms with Crippen molar-refractivity contribution in [3.63, 3.8) is 0 Å². The summed E-state index contributed by atoms with van der Waals surface area (Å²) in [4.78, 5) is 19.2. The second kappa shape index (κ2) is 9.10. The average Bonchev–Trinajstić information content (AvgIpc) is 3.31. The van der Waals surface area contributed by atoms with E-state index in [2.05, 4.69) is 42.2 Å². The number of aryl methyl sites for hydroxylation is 2. The Morgan fingerprint density at radius 3 is 2.71 bits per heavy atom. The van der Waals surface area contributed by atoms with Gasteiger partial charge in [-0.2, -0.15) is 0 Å². The third-order valence-corrected chi connectivity index (χ3v) is 6.93. The summed E-state index contributed by atoms with van der Waals surface area (Å²) >= 11 is 1.72. The van der Waals surface area contributed by atoms with E-state index in [4.69, 9.17) is 14.8 Å². The second-order valence-corrected chi connectivity index (χ2v) is 9.46. The Kier molecular flexibility index (Phi) is 6.28. The zero-order chi connectivity index (χ0) is 22.0. The molecule has 0 saturated heterocycles. The fraction of sp³-hybridized carbons (Fsp3) is 0.360. The smallest absolute Gasteiger partial charge is 0.303 e. The molecule has 1 aliphatic rings. The number of carbonyl (C=O) groups is 1. The molecule has 0 unspecified atom stereocenters. The zero-order valence-corrected chi connectivity index (χ0v) is 19.0. The van der Waals surface area contributed by atoms with Crippen LogP contribution in [0.15, 0.2) is 42.5 Å². The molecule has 6 heteroatoms. The quantitative estimate of drug-likeness (QED) is 0.518. The van der Waals surface area contributed by atoms with Crippen LogP contribution in [0.4, 0.5) is 5.69 Å². The number of benzene rings is 2. The fourth-order valence-electron chi connectivity index (χ4n) is 4.15. The minimum absolute atomic E-state index is 0.129. The molecular formula is C25H28N2O3S. The van der Waals surface area contributed by atoms with Crippen LogP contribution in [0.2, 0.25) is 0 Å². The Morgan fingerprint density at radius 2 is 2.00 bits per heavy atom. The number of anilines is 1. The van der Waals surface area contributed by atoms with E-state index in [1.54, 1.807) is 11.3 Å². The number of nitrogens with zero attached hydrogens (tertiary/aromatic N) is 2. The molecule has 162 valence electrons. The summed E-state index contributed by atoms with van der Waals surface area (Å²) in [5.74, 6) is 0.247. The topological polar surface area (TPSA) is 62.7 Å². The first-order valence-electron chi connectivity index (χ1n) is 10.6. The van der Waals surface area contributed by atoms with Crippen LogP contribution in [0.3, 0.4) is 0 Å². The van der Waals surface area contributed by atoms with Crippen molar-refractivity contribution in [3.8, 4) is 16.3 Å². The van der Waals surface area contributed by atoms with Gasteiger partial charge in [0.15, 0.2) is 0 Å². The highest BCUT2D eigenvalue weighted by Gasteiger charge is 2.24. The molecule has 0 amide bonds. The highest BCUT2D eigenvalue weighted by atomic mass is 32.1. The normalized spacial score (nSPS) is 15.0. The molecular weight excluding hydrogens is 408 g/mol. The molecule has 0 aliphatic heterocycles. The Balaban J connectivity index is 1.37. The minimum atomic E-state index is -0.732. The Hall–Kier alpha value is -2.86. The van der Waals surface area contributed by atoms with Crippen LogP contribution in [0.5, 0.6) is 5.75 Å². The number of thiazole rings is 1. The van der Waals surface area contributed by atoms with Gasteiger partial charge < -0.3 is 14.7 Å². The first-order chi connectivity index (χ1) is 14.9. The molecule has 3 aromatic rings. The highest BCUT2D eigenvalue weighted by Crippen LogP contribution is 2.37. The van der Waals surface area contributed by atoms with E-state index in [1.807, 2.05) is 26.2 Å². The van der Waals surface area contributed by atoms with Gasteiger partial charge in [-0.15, -0.1) is 11.3 Å². The molecule has 31 heavy (non-hydrogen) atoms. The Bertz CT molecular complexity index is 1070.